The Kier molecular flexibility index (Phi) is 6.52. The van der Waals surface area contributed by atoms with Gasteiger partial charge in [0, 0.05) is 12.5 Å². The number of ether oxygens (including phenoxy) is 1. The SMILES string of the molecule is CON(C)S(=O)(=O)c1ccc(Cl)c(C(=O)OCC(=O)C(C)(C)C)c1. The first-order chi connectivity index (χ1) is 10.9. The van der Waals surface area contributed by atoms with E-state index in [0.717, 1.165) is 6.07 Å². The molecule has 9 heteroatoms. The molecule has 1 rings (SSSR count). The van der Waals surface area contributed by atoms with Gasteiger partial charge in [-0.2, -0.15) is 0 Å². The zero-order valence-corrected chi connectivity index (χ0v) is 15.7. The Bertz CT molecular complexity index is 739. The van der Waals surface area contributed by atoms with E-state index < -0.39 is 28.0 Å². The van der Waals surface area contributed by atoms with Crippen LogP contribution in [0.3, 0.4) is 0 Å². The number of hydroxylamine groups is 1. The van der Waals surface area contributed by atoms with Gasteiger partial charge in [-0.3, -0.25) is 9.63 Å². The highest BCUT2D eigenvalue weighted by molar-refractivity contribution is 7.89. The van der Waals surface area contributed by atoms with E-state index in [2.05, 4.69) is 4.84 Å². The molecule has 0 spiro atoms. The number of hydrogen-bond donors (Lipinski definition) is 0. The number of nitrogens with zero attached hydrogens (tertiary/aromatic N) is 1. The Morgan fingerprint density at radius 2 is 1.83 bits per heavy atom. The molecule has 0 atom stereocenters. The Labute approximate surface area is 146 Å². The molecule has 0 amide bonds. The first-order valence-electron chi connectivity index (χ1n) is 6.94. The molecule has 1 aromatic rings. The van der Waals surface area contributed by atoms with Gasteiger partial charge in [-0.25, -0.2) is 13.2 Å². The van der Waals surface area contributed by atoms with E-state index >= 15 is 0 Å². The molecule has 0 fully saturated rings. The molecule has 0 N–H and O–H groups in total. The maximum Gasteiger partial charge on any atom is 0.340 e. The predicted octanol–water partition coefficient (Wildman–Crippen LogP) is 2.29. The lowest BCUT2D eigenvalue weighted by Crippen LogP contribution is -2.27. The van der Waals surface area contributed by atoms with Gasteiger partial charge in [0.05, 0.1) is 22.6 Å². The molecule has 0 radical (unpaired) electrons. The average Bonchev–Trinajstić information content (AvgIpc) is 2.50. The van der Waals surface area contributed by atoms with Crippen molar-refractivity contribution in [3.63, 3.8) is 0 Å². The number of hydrogen-bond acceptors (Lipinski definition) is 6. The van der Waals surface area contributed by atoms with E-state index in [-0.39, 0.29) is 21.3 Å². The maximum atomic E-state index is 12.2. The standard InChI is InChI=1S/C15H20ClNO6S/c1-15(2,3)13(18)9-23-14(19)11-8-10(6-7-12(11)16)24(20,21)17(4)22-5/h6-8H,9H2,1-5H3. The number of carbonyl (C=O) groups is 2. The van der Waals surface area contributed by atoms with Gasteiger partial charge in [-0.15, -0.1) is 0 Å². The topological polar surface area (TPSA) is 90.0 Å². The predicted molar refractivity (Wildman–Crippen MR) is 88.2 cm³/mol. The number of halogens is 1. The van der Waals surface area contributed by atoms with Crippen molar-refractivity contribution in [2.45, 2.75) is 25.7 Å². The highest BCUT2D eigenvalue weighted by atomic mass is 35.5. The normalized spacial score (nSPS) is 12.3. The van der Waals surface area contributed by atoms with Gasteiger partial charge in [0.15, 0.2) is 12.4 Å². The third-order valence-electron chi connectivity index (χ3n) is 3.22. The number of Topliss-reactive ketones (excluding diaryl/α,β-unsaturated/α-hetero) is 1. The summed E-state index contributed by atoms with van der Waals surface area (Å²) in [5, 5.41) is 0.0160. The number of esters is 1. The quantitative estimate of drug-likeness (QED) is 0.558. The molecule has 0 heterocycles. The van der Waals surface area contributed by atoms with Crippen molar-refractivity contribution in [2.24, 2.45) is 5.41 Å². The fourth-order valence-corrected chi connectivity index (χ4v) is 2.69. The summed E-state index contributed by atoms with van der Waals surface area (Å²) < 4.78 is 30.0. The number of carbonyl (C=O) groups excluding carboxylic acids is 2. The van der Waals surface area contributed by atoms with Crippen LogP contribution in [0.1, 0.15) is 31.1 Å². The Morgan fingerprint density at radius 3 is 2.33 bits per heavy atom. The minimum absolute atomic E-state index is 0.0160. The molecule has 7 nitrogen and oxygen atoms in total. The van der Waals surface area contributed by atoms with Crippen molar-refractivity contribution < 1.29 is 27.6 Å². The van der Waals surface area contributed by atoms with Crippen LogP contribution in [0, 0.1) is 5.41 Å². The van der Waals surface area contributed by atoms with Gasteiger partial charge in [0.25, 0.3) is 10.0 Å². The van der Waals surface area contributed by atoms with Crippen molar-refractivity contribution in [3.8, 4) is 0 Å². The van der Waals surface area contributed by atoms with Crippen molar-refractivity contribution in [3.05, 3.63) is 28.8 Å². The summed E-state index contributed by atoms with van der Waals surface area (Å²) in [6, 6.07) is 3.58. The summed E-state index contributed by atoms with van der Waals surface area (Å²) in [7, 11) is -1.53. The summed E-state index contributed by atoms with van der Waals surface area (Å²) in [6.45, 7) is 4.67. The lowest BCUT2D eigenvalue weighted by Gasteiger charge is -2.17. The summed E-state index contributed by atoms with van der Waals surface area (Å²) >= 11 is 5.93. The molecular weight excluding hydrogens is 358 g/mol. The summed E-state index contributed by atoms with van der Waals surface area (Å²) in [6.07, 6.45) is 0. The van der Waals surface area contributed by atoms with Crippen molar-refractivity contribution >= 4 is 33.4 Å². The molecule has 0 saturated carbocycles. The lowest BCUT2D eigenvalue weighted by molar-refractivity contribution is -0.129. The molecule has 0 bridgehead atoms. The molecule has 24 heavy (non-hydrogen) atoms. The van der Waals surface area contributed by atoms with E-state index in [1.807, 2.05) is 0 Å². The molecule has 0 aliphatic rings. The van der Waals surface area contributed by atoms with Crippen LogP contribution < -0.4 is 0 Å². The van der Waals surface area contributed by atoms with Crippen molar-refractivity contribution in [2.75, 3.05) is 20.8 Å². The summed E-state index contributed by atoms with van der Waals surface area (Å²) in [4.78, 5) is 28.4. The average molecular weight is 378 g/mol. The van der Waals surface area contributed by atoms with Crippen molar-refractivity contribution in [1.82, 2.24) is 4.47 Å². The minimum Gasteiger partial charge on any atom is -0.454 e. The van der Waals surface area contributed by atoms with Gasteiger partial charge in [-0.05, 0) is 18.2 Å². The van der Waals surface area contributed by atoms with Gasteiger partial charge in [-0.1, -0.05) is 36.8 Å². The van der Waals surface area contributed by atoms with Gasteiger partial charge >= 0.3 is 5.97 Å². The molecule has 0 saturated heterocycles. The first-order valence-corrected chi connectivity index (χ1v) is 8.76. The number of rotatable bonds is 6. The Morgan fingerprint density at radius 1 is 1.25 bits per heavy atom. The van der Waals surface area contributed by atoms with Crippen LogP contribution in [0.2, 0.25) is 5.02 Å². The molecule has 0 aliphatic heterocycles. The monoisotopic (exact) mass is 377 g/mol. The van der Waals surface area contributed by atoms with Crippen LogP contribution in [-0.2, 0) is 24.4 Å². The fraction of sp³-hybridized carbons (Fsp3) is 0.467. The highest BCUT2D eigenvalue weighted by Gasteiger charge is 2.26. The molecule has 1 aromatic carbocycles. The third-order valence-corrected chi connectivity index (χ3v) is 5.23. The number of ketones is 1. The summed E-state index contributed by atoms with van der Waals surface area (Å²) in [5.74, 6) is -1.15. The van der Waals surface area contributed by atoms with Crippen LogP contribution in [-0.4, -0.2) is 45.4 Å². The van der Waals surface area contributed by atoms with Crippen LogP contribution in [0.25, 0.3) is 0 Å². The number of benzene rings is 1. The lowest BCUT2D eigenvalue weighted by atomic mass is 9.91. The van der Waals surface area contributed by atoms with Crippen LogP contribution in [0.15, 0.2) is 23.1 Å². The smallest absolute Gasteiger partial charge is 0.340 e. The first kappa shape index (κ1) is 20.6. The molecule has 0 unspecified atom stereocenters. The van der Waals surface area contributed by atoms with Gasteiger partial charge in [0.2, 0.25) is 0 Å². The van der Waals surface area contributed by atoms with E-state index in [9.17, 15) is 18.0 Å². The Balaban J connectivity index is 3.07. The Hall–Kier alpha value is -1.48. The second-order valence-corrected chi connectivity index (χ2v) is 8.33. The summed E-state index contributed by atoms with van der Waals surface area (Å²) in [5.41, 5.74) is -0.805. The zero-order chi connectivity index (χ0) is 18.7. The molecular formula is C15H20ClNO6S. The number of sulfonamides is 1. The highest BCUT2D eigenvalue weighted by Crippen LogP contribution is 2.23. The zero-order valence-electron chi connectivity index (χ0n) is 14.1. The van der Waals surface area contributed by atoms with Crippen LogP contribution in [0.4, 0.5) is 0 Å². The second-order valence-electron chi connectivity index (χ2n) is 5.99. The van der Waals surface area contributed by atoms with Crippen LogP contribution >= 0.6 is 11.6 Å². The van der Waals surface area contributed by atoms with E-state index in [1.165, 1.54) is 26.3 Å². The van der Waals surface area contributed by atoms with Crippen molar-refractivity contribution in [1.29, 1.82) is 0 Å². The molecule has 0 aromatic heterocycles. The van der Waals surface area contributed by atoms with Gasteiger partial charge < -0.3 is 4.74 Å². The second kappa shape index (κ2) is 7.60. The van der Waals surface area contributed by atoms with E-state index in [4.69, 9.17) is 16.3 Å². The third kappa shape index (κ3) is 4.76. The maximum absolute atomic E-state index is 12.2. The minimum atomic E-state index is -3.94. The molecule has 0 aliphatic carbocycles. The molecule has 134 valence electrons. The van der Waals surface area contributed by atoms with Gasteiger partial charge in [0.1, 0.15) is 0 Å². The van der Waals surface area contributed by atoms with E-state index in [0.29, 0.717) is 4.47 Å². The van der Waals surface area contributed by atoms with Crippen LogP contribution in [0.5, 0.6) is 0 Å². The largest absolute Gasteiger partial charge is 0.454 e. The fourth-order valence-electron chi connectivity index (χ4n) is 1.49. The van der Waals surface area contributed by atoms with E-state index in [1.54, 1.807) is 20.8 Å².